The van der Waals surface area contributed by atoms with E-state index in [0.29, 0.717) is 26.1 Å². The summed E-state index contributed by atoms with van der Waals surface area (Å²) in [5, 5.41) is 0. The fourth-order valence-electron chi connectivity index (χ4n) is 1.80. The van der Waals surface area contributed by atoms with Crippen LogP contribution in [-0.4, -0.2) is 30.7 Å². The summed E-state index contributed by atoms with van der Waals surface area (Å²) in [6.07, 6.45) is 3.20. The second-order valence-electron chi connectivity index (χ2n) is 4.08. The molecule has 0 bridgehead atoms. The van der Waals surface area contributed by atoms with Gasteiger partial charge in [0.2, 0.25) is 0 Å². The van der Waals surface area contributed by atoms with Crippen LogP contribution in [0, 0.1) is 0 Å². The Kier molecular flexibility index (Phi) is 6.26. The average molecular weight is 233 g/mol. The van der Waals surface area contributed by atoms with Crippen molar-refractivity contribution in [2.45, 2.75) is 12.6 Å². The molecule has 17 heavy (non-hydrogen) atoms. The normalized spacial score (nSPS) is 12.4. The third-order valence-electron chi connectivity index (χ3n) is 2.53. The van der Waals surface area contributed by atoms with Gasteiger partial charge in [-0.25, -0.2) is 4.39 Å². The van der Waals surface area contributed by atoms with Gasteiger partial charge in [-0.3, -0.25) is 4.90 Å². The predicted octanol–water partition coefficient (Wildman–Crippen LogP) is 3.24. The zero-order valence-electron chi connectivity index (χ0n) is 10.2. The molecule has 0 aliphatic carbocycles. The van der Waals surface area contributed by atoms with Crippen LogP contribution in [0.4, 0.5) is 4.39 Å². The van der Waals surface area contributed by atoms with E-state index < -0.39 is 6.17 Å². The molecule has 2 heteroatoms. The highest BCUT2D eigenvalue weighted by atomic mass is 19.1. The van der Waals surface area contributed by atoms with E-state index in [9.17, 15) is 4.39 Å². The van der Waals surface area contributed by atoms with Crippen LogP contribution in [0.5, 0.6) is 0 Å². The second kappa shape index (κ2) is 7.80. The van der Waals surface area contributed by atoms with E-state index in [1.165, 1.54) is 0 Å². The smallest absolute Gasteiger partial charge is 0.117 e. The lowest BCUT2D eigenvalue weighted by Gasteiger charge is -2.21. The van der Waals surface area contributed by atoms with Crippen LogP contribution >= 0.6 is 0 Å². The summed E-state index contributed by atoms with van der Waals surface area (Å²) in [4.78, 5) is 1.99. The van der Waals surface area contributed by atoms with Gasteiger partial charge in [-0.05, 0) is 5.56 Å². The fourth-order valence-corrected chi connectivity index (χ4v) is 1.80. The minimum absolute atomic E-state index is 0.424. The maximum absolute atomic E-state index is 13.9. The third kappa shape index (κ3) is 5.45. The van der Waals surface area contributed by atoms with Crippen molar-refractivity contribution in [1.29, 1.82) is 0 Å². The molecular formula is C15H20FN. The van der Waals surface area contributed by atoms with Gasteiger partial charge in [0.1, 0.15) is 6.17 Å². The Bertz CT molecular complexity index is 324. The molecule has 0 aliphatic rings. The summed E-state index contributed by atoms with van der Waals surface area (Å²) in [5.41, 5.74) is 1.04. The highest BCUT2D eigenvalue weighted by Crippen LogP contribution is 2.07. The molecule has 1 rings (SSSR count). The van der Waals surface area contributed by atoms with Crippen molar-refractivity contribution in [1.82, 2.24) is 4.90 Å². The lowest BCUT2D eigenvalue weighted by molar-refractivity contribution is 0.218. The highest BCUT2D eigenvalue weighted by molar-refractivity contribution is 5.15. The Morgan fingerprint density at radius 1 is 1.12 bits per heavy atom. The van der Waals surface area contributed by atoms with E-state index in [1.807, 2.05) is 35.2 Å². The first-order valence-electron chi connectivity index (χ1n) is 5.88. The predicted molar refractivity (Wildman–Crippen MR) is 71.9 cm³/mol. The van der Waals surface area contributed by atoms with Crippen molar-refractivity contribution in [2.24, 2.45) is 0 Å². The summed E-state index contributed by atoms with van der Waals surface area (Å²) in [5.74, 6) is 0. The van der Waals surface area contributed by atoms with Gasteiger partial charge < -0.3 is 0 Å². The maximum atomic E-state index is 13.9. The van der Waals surface area contributed by atoms with E-state index in [1.54, 1.807) is 12.2 Å². The van der Waals surface area contributed by atoms with Crippen molar-refractivity contribution >= 4 is 0 Å². The molecule has 0 radical (unpaired) electrons. The maximum Gasteiger partial charge on any atom is 0.117 e. The molecular weight excluding hydrogens is 213 g/mol. The van der Waals surface area contributed by atoms with Crippen LogP contribution < -0.4 is 0 Å². The largest absolute Gasteiger partial charge is 0.293 e. The van der Waals surface area contributed by atoms with Gasteiger partial charge >= 0.3 is 0 Å². The SMILES string of the molecule is C=CCN(CC=C)C[C@H](F)Cc1ccccc1. The Morgan fingerprint density at radius 2 is 1.71 bits per heavy atom. The molecule has 0 heterocycles. The topological polar surface area (TPSA) is 3.24 Å². The van der Waals surface area contributed by atoms with Gasteiger partial charge in [0.25, 0.3) is 0 Å². The van der Waals surface area contributed by atoms with E-state index in [-0.39, 0.29) is 0 Å². The van der Waals surface area contributed by atoms with Crippen molar-refractivity contribution in [2.75, 3.05) is 19.6 Å². The number of alkyl halides is 1. The lowest BCUT2D eigenvalue weighted by Crippen LogP contribution is -2.31. The van der Waals surface area contributed by atoms with Crippen molar-refractivity contribution < 1.29 is 4.39 Å². The Labute approximate surface area is 103 Å². The number of hydrogen-bond acceptors (Lipinski definition) is 1. The average Bonchev–Trinajstić information content (AvgIpc) is 2.30. The number of nitrogens with zero attached hydrogens (tertiary/aromatic N) is 1. The van der Waals surface area contributed by atoms with E-state index >= 15 is 0 Å². The van der Waals surface area contributed by atoms with Gasteiger partial charge in [-0.15, -0.1) is 13.2 Å². The van der Waals surface area contributed by atoms with Crippen LogP contribution in [0.3, 0.4) is 0 Å². The molecule has 0 aromatic heterocycles. The molecule has 0 fully saturated rings. The second-order valence-corrected chi connectivity index (χ2v) is 4.08. The highest BCUT2D eigenvalue weighted by Gasteiger charge is 2.11. The van der Waals surface area contributed by atoms with E-state index in [4.69, 9.17) is 0 Å². The van der Waals surface area contributed by atoms with Gasteiger partial charge in [0, 0.05) is 26.1 Å². The monoisotopic (exact) mass is 233 g/mol. The minimum Gasteiger partial charge on any atom is -0.293 e. The molecule has 0 N–H and O–H groups in total. The summed E-state index contributed by atoms with van der Waals surface area (Å²) in [6.45, 7) is 9.17. The molecule has 1 aromatic rings. The molecule has 0 aliphatic heterocycles. The number of rotatable bonds is 8. The zero-order chi connectivity index (χ0) is 12.5. The summed E-state index contributed by atoms with van der Waals surface area (Å²) in [6, 6.07) is 9.73. The van der Waals surface area contributed by atoms with Crippen molar-refractivity contribution in [3.8, 4) is 0 Å². The van der Waals surface area contributed by atoms with Crippen LogP contribution in [0.2, 0.25) is 0 Å². The van der Waals surface area contributed by atoms with Crippen molar-refractivity contribution in [3.05, 3.63) is 61.2 Å². The molecule has 0 unspecified atom stereocenters. The van der Waals surface area contributed by atoms with Crippen LogP contribution in [0.25, 0.3) is 0 Å². The molecule has 1 atom stereocenters. The summed E-state index contributed by atoms with van der Waals surface area (Å²) in [7, 11) is 0. The van der Waals surface area contributed by atoms with Gasteiger partial charge in [-0.1, -0.05) is 42.5 Å². The first-order chi connectivity index (χ1) is 8.26. The lowest BCUT2D eigenvalue weighted by atomic mass is 10.1. The van der Waals surface area contributed by atoms with Gasteiger partial charge in [0.15, 0.2) is 0 Å². The first-order valence-corrected chi connectivity index (χ1v) is 5.88. The van der Waals surface area contributed by atoms with Gasteiger partial charge in [-0.2, -0.15) is 0 Å². The summed E-state index contributed by atoms with van der Waals surface area (Å²) < 4.78 is 13.9. The molecule has 1 aromatic carbocycles. The minimum atomic E-state index is -0.850. The Balaban J connectivity index is 2.44. The molecule has 0 amide bonds. The number of hydrogen-bond donors (Lipinski definition) is 0. The van der Waals surface area contributed by atoms with Crippen LogP contribution in [0.1, 0.15) is 5.56 Å². The molecule has 0 saturated heterocycles. The first kappa shape index (κ1) is 13.7. The summed E-state index contributed by atoms with van der Waals surface area (Å²) >= 11 is 0. The molecule has 0 spiro atoms. The quantitative estimate of drug-likeness (QED) is 0.623. The molecule has 92 valence electrons. The number of halogens is 1. The van der Waals surface area contributed by atoms with Crippen LogP contribution in [0.15, 0.2) is 55.6 Å². The van der Waals surface area contributed by atoms with E-state index in [0.717, 1.165) is 5.56 Å². The van der Waals surface area contributed by atoms with Gasteiger partial charge in [0.05, 0.1) is 0 Å². The molecule has 0 saturated carbocycles. The van der Waals surface area contributed by atoms with E-state index in [2.05, 4.69) is 13.2 Å². The Morgan fingerprint density at radius 3 is 2.24 bits per heavy atom. The fraction of sp³-hybridized carbons (Fsp3) is 0.333. The number of benzene rings is 1. The standard InChI is InChI=1S/C15H20FN/c1-3-10-17(11-4-2)13-15(16)12-14-8-6-5-7-9-14/h3-9,15H,1-2,10-13H2/t15-/m1/s1. The zero-order valence-corrected chi connectivity index (χ0v) is 10.2. The van der Waals surface area contributed by atoms with Crippen molar-refractivity contribution in [3.63, 3.8) is 0 Å². The Hall–Kier alpha value is -1.41. The van der Waals surface area contributed by atoms with Crippen LogP contribution in [-0.2, 0) is 6.42 Å². The third-order valence-corrected chi connectivity index (χ3v) is 2.53. The molecule has 1 nitrogen and oxygen atoms in total.